The van der Waals surface area contributed by atoms with Gasteiger partial charge in [0.15, 0.2) is 5.88 Å². The summed E-state index contributed by atoms with van der Waals surface area (Å²) in [5, 5.41) is 3.13. The molecule has 2 N–H and O–H groups in total. The lowest BCUT2D eigenvalue weighted by Gasteiger charge is -2.26. The van der Waals surface area contributed by atoms with Crippen molar-refractivity contribution in [2.24, 2.45) is 0 Å². The second-order valence-corrected chi connectivity index (χ2v) is 2.43. The maximum atomic E-state index is 5.47. The number of aromatic amines is 1. The fourth-order valence-corrected chi connectivity index (χ4v) is 0.912. The SMILES string of the molecule is c1c[nH]c(OC2CNC2)c1. The van der Waals surface area contributed by atoms with Crippen molar-refractivity contribution in [3.8, 4) is 5.88 Å². The van der Waals surface area contributed by atoms with E-state index in [1.165, 1.54) is 0 Å². The summed E-state index contributed by atoms with van der Waals surface area (Å²) >= 11 is 0. The highest BCUT2D eigenvalue weighted by molar-refractivity contribution is 5.10. The molecule has 0 amide bonds. The molecule has 1 aliphatic heterocycles. The minimum Gasteiger partial charge on any atom is -0.473 e. The smallest absolute Gasteiger partial charge is 0.191 e. The Morgan fingerprint density at radius 2 is 2.40 bits per heavy atom. The van der Waals surface area contributed by atoms with E-state index >= 15 is 0 Å². The number of ether oxygens (including phenoxy) is 1. The van der Waals surface area contributed by atoms with Crippen molar-refractivity contribution in [2.75, 3.05) is 13.1 Å². The molecule has 54 valence electrons. The molecule has 0 atom stereocenters. The summed E-state index contributed by atoms with van der Waals surface area (Å²) in [6, 6.07) is 3.86. The fourth-order valence-electron chi connectivity index (χ4n) is 0.912. The van der Waals surface area contributed by atoms with Crippen molar-refractivity contribution in [3.05, 3.63) is 18.3 Å². The molecular weight excluding hydrogens is 128 g/mol. The predicted octanol–water partition coefficient (Wildman–Crippen LogP) is 0.365. The van der Waals surface area contributed by atoms with Gasteiger partial charge < -0.3 is 15.0 Å². The molecule has 0 spiro atoms. The summed E-state index contributed by atoms with van der Waals surface area (Å²) in [6.07, 6.45) is 2.24. The van der Waals surface area contributed by atoms with Crippen molar-refractivity contribution in [3.63, 3.8) is 0 Å². The number of hydrogen-bond donors (Lipinski definition) is 2. The molecule has 1 aromatic heterocycles. The second kappa shape index (κ2) is 2.34. The van der Waals surface area contributed by atoms with Crippen LogP contribution in [0.1, 0.15) is 0 Å². The van der Waals surface area contributed by atoms with Crippen LogP contribution in [0.4, 0.5) is 0 Å². The van der Waals surface area contributed by atoms with Gasteiger partial charge in [0.2, 0.25) is 0 Å². The molecule has 0 radical (unpaired) electrons. The standard InChI is InChI=1S/C7H10N2O/c1-2-7(9-3-1)10-6-4-8-5-6/h1-3,6,8-9H,4-5H2. The van der Waals surface area contributed by atoms with Crippen LogP contribution in [0.2, 0.25) is 0 Å². The third-order valence-corrected chi connectivity index (χ3v) is 1.61. The van der Waals surface area contributed by atoms with Crippen molar-refractivity contribution >= 4 is 0 Å². The third-order valence-electron chi connectivity index (χ3n) is 1.61. The molecule has 1 saturated heterocycles. The Morgan fingerprint density at radius 1 is 1.50 bits per heavy atom. The molecule has 1 fully saturated rings. The molecule has 0 bridgehead atoms. The van der Waals surface area contributed by atoms with E-state index in [0.717, 1.165) is 19.0 Å². The average molecular weight is 138 g/mol. The van der Waals surface area contributed by atoms with Gasteiger partial charge in [0.1, 0.15) is 6.10 Å². The van der Waals surface area contributed by atoms with Crippen molar-refractivity contribution < 1.29 is 4.74 Å². The molecule has 0 aromatic carbocycles. The molecule has 10 heavy (non-hydrogen) atoms. The topological polar surface area (TPSA) is 37.0 Å². The van der Waals surface area contributed by atoms with Gasteiger partial charge in [-0.15, -0.1) is 0 Å². The summed E-state index contributed by atoms with van der Waals surface area (Å²) < 4.78 is 5.47. The van der Waals surface area contributed by atoms with Gasteiger partial charge in [0, 0.05) is 19.3 Å². The van der Waals surface area contributed by atoms with Gasteiger partial charge in [-0.05, 0) is 12.1 Å². The van der Waals surface area contributed by atoms with Gasteiger partial charge >= 0.3 is 0 Å². The Bertz CT molecular complexity index is 191. The minimum absolute atomic E-state index is 0.374. The normalized spacial score (nSPS) is 18.4. The molecule has 0 saturated carbocycles. The van der Waals surface area contributed by atoms with Gasteiger partial charge in [0.05, 0.1) is 0 Å². The van der Waals surface area contributed by atoms with E-state index in [1.54, 1.807) is 0 Å². The zero-order chi connectivity index (χ0) is 6.81. The largest absolute Gasteiger partial charge is 0.473 e. The van der Waals surface area contributed by atoms with Crippen LogP contribution >= 0.6 is 0 Å². The molecule has 2 rings (SSSR count). The van der Waals surface area contributed by atoms with E-state index in [9.17, 15) is 0 Å². The molecule has 1 aromatic rings. The molecule has 1 aliphatic rings. The first kappa shape index (κ1) is 5.80. The number of aromatic nitrogens is 1. The zero-order valence-electron chi connectivity index (χ0n) is 5.63. The lowest BCUT2D eigenvalue weighted by atomic mass is 10.2. The summed E-state index contributed by atoms with van der Waals surface area (Å²) in [5.74, 6) is 0.867. The highest BCUT2D eigenvalue weighted by Crippen LogP contribution is 2.09. The molecule has 3 heteroatoms. The summed E-state index contributed by atoms with van der Waals surface area (Å²) in [4.78, 5) is 2.99. The maximum absolute atomic E-state index is 5.47. The minimum atomic E-state index is 0.374. The Hall–Kier alpha value is -0.960. The Labute approximate surface area is 59.4 Å². The lowest BCUT2D eigenvalue weighted by Crippen LogP contribution is -2.50. The number of nitrogens with one attached hydrogen (secondary N) is 2. The van der Waals surface area contributed by atoms with E-state index < -0.39 is 0 Å². The van der Waals surface area contributed by atoms with Crippen LogP contribution in [0.5, 0.6) is 5.88 Å². The number of hydrogen-bond acceptors (Lipinski definition) is 2. The first-order valence-electron chi connectivity index (χ1n) is 3.46. The average Bonchev–Trinajstić information content (AvgIpc) is 2.29. The van der Waals surface area contributed by atoms with Gasteiger partial charge in [0.25, 0.3) is 0 Å². The van der Waals surface area contributed by atoms with Gasteiger partial charge in [-0.1, -0.05) is 0 Å². The molecule has 0 unspecified atom stereocenters. The number of rotatable bonds is 2. The van der Waals surface area contributed by atoms with Crippen molar-refractivity contribution in [2.45, 2.75) is 6.10 Å². The highest BCUT2D eigenvalue weighted by atomic mass is 16.5. The quantitative estimate of drug-likeness (QED) is 0.619. The summed E-state index contributed by atoms with van der Waals surface area (Å²) in [7, 11) is 0. The maximum Gasteiger partial charge on any atom is 0.191 e. The van der Waals surface area contributed by atoms with E-state index in [2.05, 4.69) is 10.3 Å². The second-order valence-electron chi connectivity index (χ2n) is 2.43. The molecule has 0 aliphatic carbocycles. The van der Waals surface area contributed by atoms with Crippen LogP contribution in [0, 0.1) is 0 Å². The lowest BCUT2D eigenvalue weighted by molar-refractivity contribution is 0.137. The van der Waals surface area contributed by atoms with Crippen molar-refractivity contribution in [1.29, 1.82) is 0 Å². The Balaban J connectivity index is 1.90. The van der Waals surface area contributed by atoms with Gasteiger partial charge in [-0.25, -0.2) is 0 Å². The summed E-state index contributed by atoms with van der Waals surface area (Å²) in [5.41, 5.74) is 0. The van der Waals surface area contributed by atoms with Crippen LogP contribution in [0.3, 0.4) is 0 Å². The van der Waals surface area contributed by atoms with Gasteiger partial charge in [-0.3, -0.25) is 0 Å². The van der Waals surface area contributed by atoms with Gasteiger partial charge in [-0.2, -0.15) is 0 Å². The van der Waals surface area contributed by atoms with Crippen molar-refractivity contribution in [1.82, 2.24) is 10.3 Å². The predicted molar refractivity (Wildman–Crippen MR) is 38.1 cm³/mol. The third kappa shape index (κ3) is 0.998. The van der Waals surface area contributed by atoms with E-state index in [4.69, 9.17) is 4.74 Å². The molecule has 3 nitrogen and oxygen atoms in total. The van der Waals surface area contributed by atoms with E-state index in [1.807, 2.05) is 18.3 Å². The monoisotopic (exact) mass is 138 g/mol. The van der Waals surface area contributed by atoms with E-state index in [0.29, 0.717) is 6.10 Å². The Morgan fingerprint density at radius 3 is 2.90 bits per heavy atom. The van der Waals surface area contributed by atoms with Crippen LogP contribution < -0.4 is 10.1 Å². The highest BCUT2D eigenvalue weighted by Gasteiger charge is 2.17. The van der Waals surface area contributed by atoms with Crippen LogP contribution in [-0.2, 0) is 0 Å². The fraction of sp³-hybridized carbons (Fsp3) is 0.429. The number of H-pyrrole nitrogens is 1. The molecule has 2 heterocycles. The summed E-state index contributed by atoms with van der Waals surface area (Å²) in [6.45, 7) is 1.94. The zero-order valence-corrected chi connectivity index (χ0v) is 5.63. The Kier molecular flexibility index (Phi) is 1.36. The first-order valence-corrected chi connectivity index (χ1v) is 3.46. The van der Waals surface area contributed by atoms with E-state index in [-0.39, 0.29) is 0 Å². The van der Waals surface area contributed by atoms with Crippen LogP contribution in [0.15, 0.2) is 18.3 Å². The van der Waals surface area contributed by atoms with Crippen LogP contribution in [-0.4, -0.2) is 24.2 Å². The van der Waals surface area contributed by atoms with Crippen LogP contribution in [0.25, 0.3) is 0 Å². The molecular formula is C7H10N2O. The first-order chi connectivity index (χ1) is 4.95.